The maximum atomic E-state index is 11.5. The first-order valence-corrected chi connectivity index (χ1v) is 5.84. The first-order valence-electron chi connectivity index (χ1n) is 5.84. The van der Waals surface area contributed by atoms with Crippen LogP contribution in [0, 0.1) is 0 Å². The van der Waals surface area contributed by atoms with Crippen LogP contribution in [0.4, 0.5) is 0 Å². The summed E-state index contributed by atoms with van der Waals surface area (Å²) in [6.07, 6.45) is 7.29. The molecule has 1 aromatic carbocycles. The van der Waals surface area contributed by atoms with E-state index in [1.165, 1.54) is 0 Å². The highest BCUT2D eigenvalue weighted by Gasteiger charge is 2.07. The molecule has 4 heteroatoms. The zero-order valence-corrected chi connectivity index (χ0v) is 10.2. The van der Waals surface area contributed by atoms with Crippen molar-refractivity contribution >= 4 is 5.97 Å². The Bertz CT molecular complexity index is 509. The Balaban J connectivity index is 2.06. The summed E-state index contributed by atoms with van der Waals surface area (Å²) in [5, 5.41) is 0. The number of hydrogen-bond donors (Lipinski definition) is 0. The summed E-state index contributed by atoms with van der Waals surface area (Å²) in [4.78, 5) is 15.4. The van der Waals surface area contributed by atoms with Crippen LogP contribution in [0.1, 0.15) is 22.8 Å². The normalized spacial score (nSPS) is 10.1. The largest absolute Gasteiger partial charge is 0.462 e. The Morgan fingerprint density at radius 2 is 1.89 bits per heavy atom. The van der Waals surface area contributed by atoms with Crippen molar-refractivity contribution in [3.05, 3.63) is 60.2 Å². The molecular formula is C14H15N2O2+. The maximum Gasteiger partial charge on any atom is 0.338 e. The van der Waals surface area contributed by atoms with Crippen molar-refractivity contribution in [2.75, 3.05) is 6.61 Å². The van der Waals surface area contributed by atoms with E-state index in [4.69, 9.17) is 4.74 Å². The van der Waals surface area contributed by atoms with Crippen LogP contribution in [0.25, 0.3) is 0 Å². The van der Waals surface area contributed by atoms with Gasteiger partial charge in [-0.15, -0.1) is 0 Å². The summed E-state index contributed by atoms with van der Waals surface area (Å²) in [5.74, 6) is -0.277. The Kier molecular flexibility index (Phi) is 4.02. The third kappa shape index (κ3) is 3.13. The third-order valence-corrected chi connectivity index (χ3v) is 2.52. The van der Waals surface area contributed by atoms with Gasteiger partial charge in [0.2, 0.25) is 0 Å². The smallest absolute Gasteiger partial charge is 0.338 e. The molecule has 0 unspecified atom stereocenters. The molecule has 0 fully saturated rings. The highest BCUT2D eigenvalue weighted by atomic mass is 16.5. The zero-order chi connectivity index (χ0) is 12.8. The second kappa shape index (κ2) is 5.91. The first kappa shape index (κ1) is 12.2. The summed E-state index contributed by atoms with van der Waals surface area (Å²) >= 11 is 0. The monoisotopic (exact) mass is 243 g/mol. The van der Waals surface area contributed by atoms with E-state index in [0.717, 1.165) is 12.1 Å². The minimum absolute atomic E-state index is 0.277. The SMILES string of the molecule is CCOC(=O)c1ccc(C[n+]2ccncc2)cc1. The first-order chi connectivity index (χ1) is 8.79. The van der Waals surface area contributed by atoms with Crippen LogP contribution in [0.3, 0.4) is 0 Å². The number of hydrogen-bond acceptors (Lipinski definition) is 3. The highest BCUT2D eigenvalue weighted by molar-refractivity contribution is 5.89. The summed E-state index contributed by atoms with van der Waals surface area (Å²) in [6.45, 7) is 2.95. The standard InChI is InChI=1S/C14H15N2O2/c1-2-18-14(17)13-5-3-12(4-6-13)11-16-9-7-15-8-10-16/h3-10H,2,11H2,1H3/q+1. The van der Waals surface area contributed by atoms with Gasteiger partial charge in [-0.05, 0) is 19.1 Å². The molecule has 2 aromatic rings. The van der Waals surface area contributed by atoms with Crippen molar-refractivity contribution in [3.63, 3.8) is 0 Å². The van der Waals surface area contributed by atoms with Crippen LogP contribution in [0.15, 0.2) is 49.1 Å². The van der Waals surface area contributed by atoms with Crippen molar-refractivity contribution in [2.45, 2.75) is 13.5 Å². The van der Waals surface area contributed by atoms with Crippen LogP contribution >= 0.6 is 0 Å². The summed E-state index contributed by atoms with van der Waals surface area (Å²) in [7, 11) is 0. The summed E-state index contributed by atoms with van der Waals surface area (Å²) < 4.78 is 6.95. The molecule has 0 atom stereocenters. The Hall–Kier alpha value is -2.23. The number of carbonyl (C=O) groups is 1. The van der Waals surface area contributed by atoms with Gasteiger partial charge in [-0.2, -0.15) is 4.57 Å². The van der Waals surface area contributed by atoms with Gasteiger partial charge in [0.05, 0.1) is 24.6 Å². The van der Waals surface area contributed by atoms with Gasteiger partial charge in [-0.25, -0.2) is 4.79 Å². The van der Waals surface area contributed by atoms with E-state index >= 15 is 0 Å². The molecule has 1 heterocycles. The minimum atomic E-state index is -0.277. The van der Waals surface area contributed by atoms with Gasteiger partial charge in [0, 0.05) is 5.56 Å². The second-order valence-corrected chi connectivity index (χ2v) is 3.84. The number of esters is 1. The molecule has 4 nitrogen and oxygen atoms in total. The molecule has 0 spiro atoms. The van der Waals surface area contributed by atoms with Crippen molar-refractivity contribution in [2.24, 2.45) is 0 Å². The zero-order valence-electron chi connectivity index (χ0n) is 10.2. The lowest BCUT2D eigenvalue weighted by molar-refractivity contribution is -0.688. The van der Waals surface area contributed by atoms with Crippen molar-refractivity contribution in [3.8, 4) is 0 Å². The van der Waals surface area contributed by atoms with E-state index in [-0.39, 0.29) is 5.97 Å². The van der Waals surface area contributed by atoms with E-state index in [1.54, 1.807) is 31.5 Å². The summed E-state index contributed by atoms with van der Waals surface area (Å²) in [6, 6.07) is 7.43. The minimum Gasteiger partial charge on any atom is -0.462 e. The average molecular weight is 243 g/mol. The maximum absolute atomic E-state index is 11.5. The average Bonchev–Trinajstić information content (AvgIpc) is 2.41. The second-order valence-electron chi connectivity index (χ2n) is 3.84. The molecule has 0 saturated carbocycles. The molecule has 0 radical (unpaired) electrons. The lowest BCUT2D eigenvalue weighted by Crippen LogP contribution is -2.33. The quantitative estimate of drug-likeness (QED) is 0.605. The van der Waals surface area contributed by atoms with Crippen LogP contribution in [0.5, 0.6) is 0 Å². The summed E-state index contributed by atoms with van der Waals surface area (Å²) in [5.41, 5.74) is 1.71. The van der Waals surface area contributed by atoms with Gasteiger partial charge >= 0.3 is 5.97 Å². The van der Waals surface area contributed by atoms with Crippen molar-refractivity contribution in [1.29, 1.82) is 0 Å². The Morgan fingerprint density at radius 3 is 2.50 bits per heavy atom. The molecule has 0 aliphatic carbocycles. The van der Waals surface area contributed by atoms with Gasteiger partial charge in [-0.3, -0.25) is 4.98 Å². The Morgan fingerprint density at radius 1 is 1.22 bits per heavy atom. The number of rotatable bonds is 4. The van der Waals surface area contributed by atoms with E-state index in [9.17, 15) is 4.79 Å². The number of nitrogens with zero attached hydrogens (tertiary/aromatic N) is 2. The highest BCUT2D eigenvalue weighted by Crippen LogP contribution is 2.05. The molecule has 0 aliphatic rings. The van der Waals surface area contributed by atoms with Crippen molar-refractivity contribution in [1.82, 2.24) is 4.98 Å². The van der Waals surface area contributed by atoms with E-state index < -0.39 is 0 Å². The van der Waals surface area contributed by atoms with Crippen LogP contribution in [-0.2, 0) is 11.3 Å². The van der Waals surface area contributed by atoms with E-state index in [1.807, 2.05) is 29.1 Å². The topological polar surface area (TPSA) is 43.1 Å². The number of carbonyl (C=O) groups excluding carboxylic acids is 1. The van der Waals surface area contributed by atoms with Gasteiger partial charge in [0.1, 0.15) is 0 Å². The predicted molar refractivity (Wildman–Crippen MR) is 65.9 cm³/mol. The van der Waals surface area contributed by atoms with E-state index in [0.29, 0.717) is 12.2 Å². The van der Waals surface area contributed by atoms with Crippen molar-refractivity contribution < 1.29 is 14.1 Å². The van der Waals surface area contributed by atoms with Gasteiger partial charge in [-0.1, -0.05) is 12.1 Å². The lowest BCUT2D eigenvalue weighted by Gasteiger charge is -2.02. The predicted octanol–water partition coefficient (Wildman–Crippen LogP) is 1.59. The van der Waals surface area contributed by atoms with Crippen LogP contribution in [-0.4, -0.2) is 17.6 Å². The molecule has 1 aromatic heterocycles. The fraction of sp³-hybridized carbons (Fsp3) is 0.214. The van der Waals surface area contributed by atoms with E-state index in [2.05, 4.69) is 4.98 Å². The molecule has 2 rings (SSSR count). The molecule has 0 amide bonds. The van der Waals surface area contributed by atoms with Gasteiger partial charge in [0.25, 0.3) is 0 Å². The fourth-order valence-electron chi connectivity index (χ4n) is 1.62. The Labute approximate surface area is 106 Å². The molecule has 0 saturated heterocycles. The van der Waals surface area contributed by atoms with Crippen LogP contribution in [0.2, 0.25) is 0 Å². The number of ether oxygens (including phenoxy) is 1. The molecule has 92 valence electrons. The van der Waals surface area contributed by atoms with Gasteiger partial charge in [0.15, 0.2) is 18.9 Å². The molecular weight excluding hydrogens is 228 g/mol. The molecule has 0 N–H and O–H groups in total. The number of benzene rings is 1. The molecule has 0 aliphatic heterocycles. The number of aromatic nitrogens is 2. The van der Waals surface area contributed by atoms with Gasteiger partial charge < -0.3 is 4.74 Å². The van der Waals surface area contributed by atoms with Crippen LogP contribution < -0.4 is 4.57 Å². The fourth-order valence-corrected chi connectivity index (χ4v) is 1.62. The molecule has 0 bridgehead atoms. The third-order valence-electron chi connectivity index (χ3n) is 2.52. The lowest BCUT2D eigenvalue weighted by atomic mass is 10.1. The molecule has 18 heavy (non-hydrogen) atoms.